The standard InChI is InChI=1S/C10H17N5O2/c1-2-3-8(9(11)15-17)10(16)13-5-7-4-12-6-14-7/h4,6,8,17H,2-3,5H2,1H3,(H2,11,15)(H,12,14)(H,13,16). The first kappa shape index (κ1) is 13.0. The van der Waals surface area contributed by atoms with Crippen LogP contribution in [0.1, 0.15) is 25.5 Å². The number of H-pyrrole nitrogens is 1. The molecule has 7 heteroatoms. The second-order valence-corrected chi connectivity index (χ2v) is 3.66. The van der Waals surface area contributed by atoms with Gasteiger partial charge in [-0.3, -0.25) is 4.79 Å². The molecule has 1 unspecified atom stereocenters. The van der Waals surface area contributed by atoms with Gasteiger partial charge in [0.05, 0.1) is 24.5 Å². The van der Waals surface area contributed by atoms with Crippen LogP contribution in [0.5, 0.6) is 0 Å². The Hall–Kier alpha value is -2.05. The summed E-state index contributed by atoms with van der Waals surface area (Å²) in [6, 6.07) is 0. The Labute approximate surface area is 99.1 Å². The number of hydrogen-bond acceptors (Lipinski definition) is 4. The van der Waals surface area contributed by atoms with Crippen LogP contribution in [0.4, 0.5) is 0 Å². The Morgan fingerprint density at radius 1 is 1.76 bits per heavy atom. The topological polar surface area (TPSA) is 116 Å². The highest BCUT2D eigenvalue weighted by atomic mass is 16.4. The normalized spacial score (nSPS) is 13.4. The molecule has 7 nitrogen and oxygen atoms in total. The predicted molar refractivity (Wildman–Crippen MR) is 62.2 cm³/mol. The highest BCUT2D eigenvalue weighted by molar-refractivity contribution is 6.01. The van der Waals surface area contributed by atoms with Crippen LogP contribution in [-0.4, -0.2) is 26.9 Å². The summed E-state index contributed by atoms with van der Waals surface area (Å²) in [4.78, 5) is 18.5. The molecule has 0 spiro atoms. The zero-order valence-corrected chi connectivity index (χ0v) is 9.68. The number of hydrogen-bond donors (Lipinski definition) is 4. The maximum atomic E-state index is 11.8. The second kappa shape index (κ2) is 6.51. The van der Waals surface area contributed by atoms with Gasteiger partial charge in [0, 0.05) is 6.20 Å². The van der Waals surface area contributed by atoms with Crippen LogP contribution in [0, 0.1) is 5.92 Å². The highest BCUT2D eigenvalue weighted by Crippen LogP contribution is 2.07. The number of nitrogens with two attached hydrogens (primary N) is 1. The van der Waals surface area contributed by atoms with E-state index in [2.05, 4.69) is 20.4 Å². The number of oxime groups is 1. The zero-order chi connectivity index (χ0) is 12.7. The summed E-state index contributed by atoms with van der Waals surface area (Å²) in [6.45, 7) is 2.28. The molecule has 0 bridgehead atoms. The molecule has 0 fully saturated rings. The van der Waals surface area contributed by atoms with E-state index in [1.54, 1.807) is 6.20 Å². The van der Waals surface area contributed by atoms with Gasteiger partial charge in [0.1, 0.15) is 0 Å². The molecule has 0 aliphatic heterocycles. The van der Waals surface area contributed by atoms with Crippen molar-refractivity contribution in [2.75, 3.05) is 0 Å². The minimum absolute atomic E-state index is 0.0611. The molecule has 17 heavy (non-hydrogen) atoms. The van der Waals surface area contributed by atoms with Gasteiger partial charge in [-0.05, 0) is 6.42 Å². The first-order valence-electron chi connectivity index (χ1n) is 5.41. The number of nitrogens with one attached hydrogen (secondary N) is 2. The molecule has 0 saturated carbocycles. The lowest BCUT2D eigenvalue weighted by Gasteiger charge is -2.13. The van der Waals surface area contributed by atoms with E-state index in [0.717, 1.165) is 12.1 Å². The summed E-state index contributed by atoms with van der Waals surface area (Å²) >= 11 is 0. The summed E-state index contributed by atoms with van der Waals surface area (Å²) in [6.07, 6.45) is 4.48. The maximum Gasteiger partial charge on any atom is 0.231 e. The van der Waals surface area contributed by atoms with E-state index < -0.39 is 5.92 Å². The van der Waals surface area contributed by atoms with Gasteiger partial charge in [0.15, 0.2) is 5.84 Å². The molecule has 0 aromatic carbocycles. The largest absolute Gasteiger partial charge is 0.409 e. The SMILES string of the molecule is CCCC(C(=O)NCc1cnc[nH]1)C(N)=NO. The fraction of sp³-hybridized carbons (Fsp3) is 0.500. The zero-order valence-electron chi connectivity index (χ0n) is 9.68. The predicted octanol–water partition coefficient (Wildman–Crippen LogP) is 0.189. The number of carbonyl (C=O) groups excluding carboxylic acids is 1. The first-order chi connectivity index (χ1) is 8.19. The smallest absolute Gasteiger partial charge is 0.231 e. The van der Waals surface area contributed by atoms with E-state index in [0.29, 0.717) is 13.0 Å². The van der Waals surface area contributed by atoms with E-state index in [-0.39, 0.29) is 11.7 Å². The molecule has 94 valence electrons. The lowest BCUT2D eigenvalue weighted by Crippen LogP contribution is -2.38. The average Bonchev–Trinajstić information content (AvgIpc) is 2.85. The molecule has 1 rings (SSSR count). The van der Waals surface area contributed by atoms with Crippen LogP contribution < -0.4 is 11.1 Å². The van der Waals surface area contributed by atoms with Gasteiger partial charge in [0.2, 0.25) is 5.91 Å². The third kappa shape index (κ3) is 3.78. The lowest BCUT2D eigenvalue weighted by molar-refractivity contribution is -0.123. The maximum absolute atomic E-state index is 11.8. The monoisotopic (exact) mass is 239 g/mol. The molecule has 0 aliphatic rings. The van der Waals surface area contributed by atoms with Crippen LogP contribution >= 0.6 is 0 Å². The van der Waals surface area contributed by atoms with E-state index in [1.807, 2.05) is 6.92 Å². The van der Waals surface area contributed by atoms with Crippen molar-refractivity contribution >= 4 is 11.7 Å². The van der Waals surface area contributed by atoms with Crippen LogP contribution in [0.25, 0.3) is 0 Å². The summed E-state index contributed by atoms with van der Waals surface area (Å²) in [5.41, 5.74) is 6.27. The summed E-state index contributed by atoms with van der Waals surface area (Å²) in [5, 5.41) is 14.2. The third-order valence-electron chi connectivity index (χ3n) is 2.37. The van der Waals surface area contributed by atoms with Crippen molar-refractivity contribution in [3.8, 4) is 0 Å². The summed E-state index contributed by atoms with van der Waals surface area (Å²) < 4.78 is 0. The van der Waals surface area contributed by atoms with E-state index in [9.17, 15) is 4.79 Å². The fourth-order valence-electron chi connectivity index (χ4n) is 1.46. The molecule has 1 atom stereocenters. The highest BCUT2D eigenvalue weighted by Gasteiger charge is 2.21. The Balaban J connectivity index is 2.53. The Morgan fingerprint density at radius 2 is 2.53 bits per heavy atom. The van der Waals surface area contributed by atoms with Gasteiger partial charge in [-0.2, -0.15) is 0 Å². The first-order valence-corrected chi connectivity index (χ1v) is 5.41. The number of aromatic nitrogens is 2. The van der Waals surface area contributed by atoms with Crippen molar-refractivity contribution in [1.82, 2.24) is 15.3 Å². The van der Waals surface area contributed by atoms with Crippen LogP contribution in [0.2, 0.25) is 0 Å². The van der Waals surface area contributed by atoms with Gasteiger partial charge in [-0.25, -0.2) is 4.98 Å². The number of rotatable bonds is 6. The third-order valence-corrected chi connectivity index (χ3v) is 2.37. The molecule has 0 aliphatic carbocycles. The molecule has 0 radical (unpaired) electrons. The Kier molecular flexibility index (Phi) is 4.99. The number of nitrogens with zero attached hydrogens (tertiary/aromatic N) is 2. The Bertz CT molecular complexity index is 374. The van der Waals surface area contributed by atoms with E-state index in [4.69, 9.17) is 10.9 Å². The molecule has 1 aromatic heterocycles. The van der Waals surface area contributed by atoms with Gasteiger partial charge >= 0.3 is 0 Å². The quantitative estimate of drug-likeness (QED) is 0.245. The molecule has 1 aromatic rings. The van der Waals surface area contributed by atoms with Crippen LogP contribution in [0.15, 0.2) is 17.7 Å². The van der Waals surface area contributed by atoms with Gasteiger partial charge < -0.3 is 21.2 Å². The van der Waals surface area contributed by atoms with Crippen molar-refractivity contribution < 1.29 is 10.0 Å². The van der Waals surface area contributed by atoms with Crippen molar-refractivity contribution in [2.24, 2.45) is 16.8 Å². The summed E-state index contributed by atoms with van der Waals surface area (Å²) in [7, 11) is 0. The van der Waals surface area contributed by atoms with Crippen LogP contribution in [-0.2, 0) is 11.3 Å². The van der Waals surface area contributed by atoms with Gasteiger partial charge in [0.25, 0.3) is 0 Å². The molecule has 5 N–H and O–H groups in total. The van der Waals surface area contributed by atoms with E-state index >= 15 is 0 Å². The minimum Gasteiger partial charge on any atom is -0.409 e. The minimum atomic E-state index is -0.590. The molecular weight excluding hydrogens is 222 g/mol. The number of aromatic amines is 1. The van der Waals surface area contributed by atoms with Gasteiger partial charge in [-0.15, -0.1) is 0 Å². The molecule has 1 heterocycles. The fourth-order valence-corrected chi connectivity index (χ4v) is 1.46. The molecule has 0 saturated heterocycles. The number of amidine groups is 1. The van der Waals surface area contributed by atoms with Crippen molar-refractivity contribution in [1.29, 1.82) is 0 Å². The molecular formula is C10H17N5O2. The average molecular weight is 239 g/mol. The Morgan fingerprint density at radius 3 is 3.06 bits per heavy atom. The van der Waals surface area contributed by atoms with E-state index in [1.165, 1.54) is 6.33 Å². The van der Waals surface area contributed by atoms with Crippen molar-refractivity contribution in [3.63, 3.8) is 0 Å². The number of carbonyl (C=O) groups is 1. The molecule has 1 amide bonds. The van der Waals surface area contributed by atoms with Gasteiger partial charge in [-0.1, -0.05) is 18.5 Å². The van der Waals surface area contributed by atoms with Crippen molar-refractivity contribution in [3.05, 3.63) is 18.2 Å². The van der Waals surface area contributed by atoms with Crippen LogP contribution in [0.3, 0.4) is 0 Å². The number of imidazole rings is 1. The second-order valence-electron chi connectivity index (χ2n) is 3.66. The number of amides is 1. The summed E-state index contributed by atoms with van der Waals surface area (Å²) in [5.74, 6) is -0.904. The van der Waals surface area contributed by atoms with Crippen molar-refractivity contribution in [2.45, 2.75) is 26.3 Å². The lowest BCUT2D eigenvalue weighted by atomic mass is 10.0.